The summed E-state index contributed by atoms with van der Waals surface area (Å²) in [5.41, 5.74) is 1.94. The minimum Gasteiger partial charge on any atom is -0.381 e. The smallest absolute Gasteiger partial charge is 0.368 e. The summed E-state index contributed by atoms with van der Waals surface area (Å²) in [4.78, 5) is 20.6. The van der Waals surface area contributed by atoms with E-state index in [9.17, 15) is 4.79 Å². The lowest BCUT2D eigenvalue weighted by atomic mass is 10.0. The van der Waals surface area contributed by atoms with Crippen LogP contribution in [-0.2, 0) is 20.8 Å². The van der Waals surface area contributed by atoms with Crippen LogP contribution in [0.1, 0.15) is 23.3 Å². The molecule has 1 fully saturated rings. The van der Waals surface area contributed by atoms with Crippen LogP contribution >= 0.6 is 11.3 Å². The molecule has 0 unspecified atom stereocenters. The molecule has 2 aromatic rings. The number of piperidine rings is 1. The number of ether oxygens (including phenoxy) is 1. The van der Waals surface area contributed by atoms with Crippen LogP contribution in [0.2, 0.25) is 0 Å². The maximum absolute atomic E-state index is 12.0. The van der Waals surface area contributed by atoms with Gasteiger partial charge in [0.05, 0.1) is 16.7 Å². The predicted molar refractivity (Wildman–Crippen MR) is 117 cm³/mol. The van der Waals surface area contributed by atoms with Crippen LogP contribution in [0.3, 0.4) is 0 Å². The van der Waals surface area contributed by atoms with Gasteiger partial charge in [-0.15, -0.1) is 11.3 Å². The first kappa shape index (κ1) is 19.6. The first-order chi connectivity index (χ1) is 14.2. The number of nitrogens with zero attached hydrogens (tertiary/aromatic N) is 2. The monoisotopic (exact) mass is 408 g/mol. The van der Waals surface area contributed by atoms with Gasteiger partial charge in [-0.2, -0.15) is 0 Å². The van der Waals surface area contributed by atoms with Gasteiger partial charge < -0.3 is 14.5 Å². The number of benzene rings is 1. The van der Waals surface area contributed by atoms with E-state index < -0.39 is 5.97 Å². The van der Waals surface area contributed by atoms with Gasteiger partial charge >= 0.3 is 5.97 Å². The van der Waals surface area contributed by atoms with E-state index in [0.29, 0.717) is 17.4 Å². The van der Waals surface area contributed by atoms with E-state index in [1.54, 1.807) is 13.2 Å². The van der Waals surface area contributed by atoms with Gasteiger partial charge in [0.2, 0.25) is 0 Å². The van der Waals surface area contributed by atoms with Gasteiger partial charge in [0.25, 0.3) is 0 Å². The largest absolute Gasteiger partial charge is 0.381 e. The molecular weight excluding hydrogens is 384 g/mol. The minimum absolute atomic E-state index is 0.397. The van der Waals surface area contributed by atoms with Crippen LogP contribution in [0.15, 0.2) is 71.4 Å². The van der Waals surface area contributed by atoms with Crippen molar-refractivity contribution >= 4 is 28.0 Å². The van der Waals surface area contributed by atoms with Gasteiger partial charge in [0.15, 0.2) is 0 Å². The second-order valence-electron chi connectivity index (χ2n) is 7.06. The Balaban J connectivity index is 1.36. The zero-order valence-corrected chi connectivity index (χ0v) is 17.2. The number of hydrogen-bond donors (Lipinski definition) is 0. The molecule has 2 aliphatic rings. The zero-order valence-electron chi connectivity index (χ0n) is 16.4. The highest BCUT2D eigenvalue weighted by Gasteiger charge is 2.25. The Morgan fingerprint density at radius 1 is 1.21 bits per heavy atom. The molecule has 0 atom stereocenters. The van der Waals surface area contributed by atoms with Crippen molar-refractivity contribution in [2.75, 3.05) is 25.1 Å². The van der Waals surface area contributed by atoms with Crippen LogP contribution in [0.5, 0.6) is 0 Å². The molecule has 1 aromatic carbocycles. The fraction of sp³-hybridized carbons (Fsp3) is 0.304. The minimum atomic E-state index is -0.411. The molecule has 0 N–H and O–H groups in total. The van der Waals surface area contributed by atoms with Gasteiger partial charge in [-0.3, -0.25) is 0 Å². The Labute approximate surface area is 174 Å². The summed E-state index contributed by atoms with van der Waals surface area (Å²) in [6.45, 7) is 2.09. The molecule has 4 rings (SSSR count). The molecule has 150 valence electrons. The molecule has 0 saturated carbocycles. The summed E-state index contributed by atoms with van der Waals surface area (Å²) in [6, 6.07) is 14.0. The van der Waals surface area contributed by atoms with Crippen molar-refractivity contribution in [1.82, 2.24) is 0 Å². The van der Waals surface area contributed by atoms with Crippen LogP contribution < -0.4 is 4.90 Å². The van der Waals surface area contributed by atoms with Crippen molar-refractivity contribution in [2.24, 2.45) is 5.16 Å². The second kappa shape index (κ2) is 9.20. The van der Waals surface area contributed by atoms with E-state index in [1.807, 2.05) is 47.7 Å². The topological polar surface area (TPSA) is 51.1 Å². The average molecular weight is 409 g/mol. The normalized spacial score (nSPS) is 19.2. The number of methoxy groups -OCH3 is 1. The summed E-state index contributed by atoms with van der Waals surface area (Å²) in [5, 5.41) is 5.24. The SMILES string of the molecule is COC1CCN(c2ccc(CC=C/C=C3\C(=O)ON=C3c3ccccc3)s2)CC1. The summed E-state index contributed by atoms with van der Waals surface area (Å²) in [7, 11) is 1.80. The highest BCUT2D eigenvalue weighted by molar-refractivity contribution is 7.16. The Morgan fingerprint density at radius 3 is 2.76 bits per heavy atom. The van der Waals surface area contributed by atoms with Crippen molar-refractivity contribution < 1.29 is 14.4 Å². The van der Waals surface area contributed by atoms with Crippen LogP contribution in [0, 0.1) is 0 Å². The van der Waals surface area contributed by atoms with Crippen LogP contribution in [0.4, 0.5) is 5.00 Å². The lowest BCUT2D eigenvalue weighted by Gasteiger charge is -2.31. The number of carbonyl (C=O) groups excluding carboxylic acids is 1. The summed E-state index contributed by atoms with van der Waals surface area (Å²) in [5.74, 6) is -0.411. The third kappa shape index (κ3) is 4.66. The number of rotatable bonds is 6. The van der Waals surface area contributed by atoms with Crippen LogP contribution in [-0.4, -0.2) is 38.0 Å². The lowest BCUT2D eigenvalue weighted by Crippen LogP contribution is -2.36. The van der Waals surface area contributed by atoms with E-state index in [-0.39, 0.29) is 0 Å². The number of thiophene rings is 1. The molecule has 5 nitrogen and oxygen atoms in total. The van der Waals surface area contributed by atoms with Crippen molar-refractivity contribution in [3.63, 3.8) is 0 Å². The molecule has 6 heteroatoms. The Kier molecular flexibility index (Phi) is 6.22. The van der Waals surface area contributed by atoms with Crippen LogP contribution in [0.25, 0.3) is 0 Å². The van der Waals surface area contributed by atoms with Gasteiger partial charge in [-0.25, -0.2) is 4.79 Å². The summed E-state index contributed by atoms with van der Waals surface area (Å²) < 4.78 is 5.45. The zero-order chi connectivity index (χ0) is 20.1. The number of anilines is 1. The maximum Gasteiger partial charge on any atom is 0.368 e. The van der Waals surface area contributed by atoms with E-state index in [0.717, 1.165) is 37.9 Å². The van der Waals surface area contributed by atoms with E-state index >= 15 is 0 Å². The molecule has 3 heterocycles. The highest BCUT2D eigenvalue weighted by atomic mass is 32.1. The lowest BCUT2D eigenvalue weighted by molar-refractivity contribution is -0.136. The van der Waals surface area contributed by atoms with Gasteiger partial charge in [0, 0.05) is 37.1 Å². The first-order valence-electron chi connectivity index (χ1n) is 9.83. The molecule has 29 heavy (non-hydrogen) atoms. The number of allylic oxidation sites excluding steroid dienone is 3. The molecule has 0 bridgehead atoms. The third-order valence-electron chi connectivity index (χ3n) is 5.19. The van der Waals surface area contributed by atoms with E-state index in [4.69, 9.17) is 9.57 Å². The van der Waals surface area contributed by atoms with E-state index in [1.165, 1.54) is 9.88 Å². The van der Waals surface area contributed by atoms with Crippen molar-refractivity contribution in [3.8, 4) is 0 Å². The molecule has 0 amide bonds. The average Bonchev–Trinajstić information content (AvgIpc) is 3.39. The number of oxime groups is 1. The number of hydrogen-bond acceptors (Lipinski definition) is 6. The first-order valence-corrected chi connectivity index (χ1v) is 10.6. The molecule has 1 saturated heterocycles. The second-order valence-corrected chi connectivity index (χ2v) is 8.21. The highest BCUT2D eigenvalue weighted by Crippen LogP contribution is 2.29. The molecule has 2 aliphatic heterocycles. The molecule has 0 spiro atoms. The van der Waals surface area contributed by atoms with Crippen molar-refractivity contribution in [1.29, 1.82) is 0 Å². The van der Waals surface area contributed by atoms with Gasteiger partial charge in [-0.05, 0) is 31.1 Å². The molecule has 0 radical (unpaired) electrons. The maximum atomic E-state index is 12.0. The molecule has 1 aromatic heterocycles. The van der Waals surface area contributed by atoms with E-state index in [2.05, 4.69) is 28.3 Å². The van der Waals surface area contributed by atoms with Crippen molar-refractivity contribution in [2.45, 2.75) is 25.4 Å². The molecule has 0 aliphatic carbocycles. The summed E-state index contributed by atoms with van der Waals surface area (Å²) >= 11 is 1.83. The Bertz CT molecular complexity index is 938. The van der Waals surface area contributed by atoms with Gasteiger partial charge in [-0.1, -0.05) is 47.6 Å². The molecular formula is C23H24N2O3S. The fourth-order valence-corrected chi connectivity index (χ4v) is 4.57. The number of carbonyl (C=O) groups is 1. The predicted octanol–water partition coefficient (Wildman–Crippen LogP) is 4.35. The Morgan fingerprint density at radius 2 is 2.00 bits per heavy atom. The third-order valence-corrected chi connectivity index (χ3v) is 6.36. The summed E-state index contributed by atoms with van der Waals surface area (Å²) in [6.07, 6.45) is 9.14. The standard InChI is InChI=1S/C23H24N2O3S/c1-27-18-13-15-25(16-14-18)21-12-11-19(29-21)9-5-6-10-20-22(24-28-23(20)26)17-7-3-2-4-8-17/h2-8,10-12,18H,9,13-16H2,1H3/b6-5?,20-10-. The Hall–Kier alpha value is -2.70. The quantitative estimate of drug-likeness (QED) is 0.527. The van der Waals surface area contributed by atoms with Crippen molar-refractivity contribution in [3.05, 3.63) is 76.7 Å². The fourth-order valence-electron chi connectivity index (χ4n) is 3.54. The van der Waals surface area contributed by atoms with Gasteiger partial charge in [0.1, 0.15) is 5.71 Å².